The van der Waals surface area contributed by atoms with Crippen molar-refractivity contribution in [2.24, 2.45) is 0 Å². The Hall–Kier alpha value is -2.56. The minimum Gasteiger partial charge on any atom is -0.430 e. The van der Waals surface area contributed by atoms with Gasteiger partial charge in [-0.1, -0.05) is 0 Å². The summed E-state index contributed by atoms with van der Waals surface area (Å²) in [7, 11) is -2.45. The van der Waals surface area contributed by atoms with E-state index >= 15 is 0 Å². The summed E-state index contributed by atoms with van der Waals surface area (Å²) in [5.41, 5.74) is -1.82. The molecule has 34 heavy (non-hydrogen) atoms. The number of amides is 1. The van der Waals surface area contributed by atoms with Gasteiger partial charge in [-0.05, 0) is 38.1 Å². The third-order valence-electron chi connectivity index (χ3n) is 6.49. The number of hydrogen-bond donors (Lipinski definition) is 2. The van der Waals surface area contributed by atoms with E-state index in [2.05, 4.69) is 15.5 Å². The molecule has 9 nitrogen and oxygen atoms in total. The van der Waals surface area contributed by atoms with Gasteiger partial charge in [-0.25, -0.2) is 13.2 Å². The number of carbonyl (C=O) groups is 1. The van der Waals surface area contributed by atoms with Crippen molar-refractivity contribution in [3.05, 3.63) is 23.8 Å². The Morgan fingerprint density at radius 2 is 1.94 bits per heavy atom. The first-order valence-corrected chi connectivity index (χ1v) is 12.5. The maximum atomic E-state index is 13.9. The Labute approximate surface area is 195 Å². The second-order valence-corrected chi connectivity index (χ2v) is 11.2. The van der Waals surface area contributed by atoms with Crippen LogP contribution in [0.5, 0.6) is 0 Å². The van der Waals surface area contributed by atoms with Crippen molar-refractivity contribution in [1.29, 1.82) is 5.26 Å². The minimum absolute atomic E-state index is 0.165. The fourth-order valence-corrected chi connectivity index (χ4v) is 6.01. The fraction of sp³-hybridized carbons (Fsp3) is 0.619. The van der Waals surface area contributed by atoms with Gasteiger partial charge in [0.2, 0.25) is 0 Å². The van der Waals surface area contributed by atoms with Gasteiger partial charge in [-0.3, -0.25) is 5.32 Å². The molecule has 1 saturated carbocycles. The molecular formula is C21H26F3N5O4S. The molecule has 1 amide bonds. The Balaban J connectivity index is 1.50. The van der Waals surface area contributed by atoms with Crippen LogP contribution in [-0.4, -0.2) is 76.2 Å². The molecule has 2 heterocycles. The summed E-state index contributed by atoms with van der Waals surface area (Å²) in [4.78, 5) is 15.1. The molecule has 4 rings (SSSR count). The summed E-state index contributed by atoms with van der Waals surface area (Å²) in [5, 5.41) is 13.0. The first-order valence-electron chi connectivity index (χ1n) is 11.0. The van der Waals surface area contributed by atoms with E-state index in [1.165, 1.54) is 6.07 Å². The number of hydrogen-bond acceptors (Lipinski definition) is 8. The van der Waals surface area contributed by atoms with Crippen LogP contribution in [0.3, 0.4) is 0 Å². The van der Waals surface area contributed by atoms with E-state index in [4.69, 9.17) is 10.00 Å². The van der Waals surface area contributed by atoms with Crippen LogP contribution in [-0.2, 0) is 20.8 Å². The van der Waals surface area contributed by atoms with Crippen molar-refractivity contribution >= 4 is 21.6 Å². The quantitative estimate of drug-likeness (QED) is 0.627. The minimum atomic E-state index is -4.86. The number of nitriles is 1. The number of nitrogens with zero attached hydrogens (tertiary/aromatic N) is 3. The highest BCUT2D eigenvalue weighted by molar-refractivity contribution is 7.92. The number of likely N-dealkylation sites (N-methyl/N-ethyl adjacent to an activating group) is 1. The average molecular weight is 502 g/mol. The van der Waals surface area contributed by atoms with Crippen molar-refractivity contribution in [2.75, 3.05) is 44.7 Å². The molecule has 2 aliphatic heterocycles. The maximum absolute atomic E-state index is 13.9. The molecule has 1 aromatic rings. The molecule has 0 radical (unpaired) electrons. The van der Waals surface area contributed by atoms with Crippen molar-refractivity contribution in [2.45, 2.75) is 47.4 Å². The van der Waals surface area contributed by atoms with Gasteiger partial charge in [-0.2, -0.15) is 18.4 Å². The number of benzene rings is 1. The lowest BCUT2D eigenvalue weighted by atomic mass is 10.1. The molecule has 0 spiro atoms. The van der Waals surface area contributed by atoms with Crippen LogP contribution in [0.1, 0.15) is 24.8 Å². The summed E-state index contributed by atoms with van der Waals surface area (Å²) in [6, 6.07) is 5.31. The molecule has 3 aliphatic rings. The van der Waals surface area contributed by atoms with E-state index in [0.717, 1.165) is 12.1 Å². The molecule has 0 unspecified atom stereocenters. The molecule has 1 aliphatic carbocycles. The van der Waals surface area contributed by atoms with Crippen LogP contribution in [0, 0.1) is 11.3 Å². The smallest absolute Gasteiger partial charge is 0.417 e. The molecular weight excluding hydrogens is 475 g/mol. The first kappa shape index (κ1) is 24.6. The number of piperazine rings is 1. The monoisotopic (exact) mass is 501 g/mol. The highest BCUT2D eigenvalue weighted by Gasteiger charge is 2.47. The van der Waals surface area contributed by atoms with Crippen molar-refractivity contribution in [1.82, 2.24) is 15.5 Å². The molecule has 3 fully saturated rings. The fourth-order valence-electron chi connectivity index (χ4n) is 4.17. The van der Waals surface area contributed by atoms with Crippen LogP contribution in [0.4, 0.5) is 23.7 Å². The van der Waals surface area contributed by atoms with Crippen LogP contribution >= 0.6 is 0 Å². The van der Waals surface area contributed by atoms with Gasteiger partial charge in [0, 0.05) is 44.8 Å². The zero-order valence-corrected chi connectivity index (χ0v) is 19.4. The molecule has 1 aromatic carbocycles. The number of halogens is 3. The first-order chi connectivity index (χ1) is 15.9. The number of anilines is 1. The summed E-state index contributed by atoms with van der Waals surface area (Å²) >= 11 is 0. The van der Waals surface area contributed by atoms with Crippen LogP contribution in [0.2, 0.25) is 0 Å². The predicted molar refractivity (Wildman–Crippen MR) is 116 cm³/mol. The number of ether oxygens (including phenoxy) is 1. The summed E-state index contributed by atoms with van der Waals surface area (Å²) in [5.74, 6) is 0. The molecule has 0 bridgehead atoms. The standard InChI is InChI=1S/C21H26F3N5O4S/c1-28-6-8-29(9-7-28)14-2-3-17(16(10-14)21(22,23)24)34(31,32)15-11-18(26-12-15)33-19(30)27-20(13-25)4-5-20/h2-3,10,15,18,26H,4-9,11-12H2,1H3,(H,27,30)/t15-,18+/m1/s1. The highest BCUT2D eigenvalue weighted by atomic mass is 32.2. The largest absolute Gasteiger partial charge is 0.430 e. The second-order valence-electron chi connectivity index (χ2n) is 8.99. The summed E-state index contributed by atoms with van der Waals surface area (Å²) in [6.45, 7) is 2.31. The van der Waals surface area contributed by atoms with E-state index in [9.17, 15) is 26.4 Å². The molecule has 13 heteroatoms. The molecule has 2 N–H and O–H groups in total. The highest BCUT2D eigenvalue weighted by Crippen LogP contribution is 2.39. The Morgan fingerprint density at radius 3 is 2.53 bits per heavy atom. The molecule has 0 aromatic heterocycles. The topological polar surface area (TPSA) is 115 Å². The summed E-state index contributed by atoms with van der Waals surface area (Å²) < 4.78 is 73.3. The predicted octanol–water partition coefficient (Wildman–Crippen LogP) is 1.70. The van der Waals surface area contributed by atoms with Gasteiger partial charge in [0.15, 0.2) is 16.1 Å². The van der Waals surface area contributed by atoms with Gasteiger partial charge in [-0.15, -0.1) is 0 Å². The number of sulfone groups is 1. The lowest BCUT2D eigenvalue weighted by molar-refractivity contribution is -0.139. The number of carbonyl (C=O) groups excluding carboxylic acids is 1. The number of alkyl carbamates (subject to hydrolysis) is 1. The van der Waals surface area contributed by atoms with Gasteiger partial charge in [0.1, 0.15) is 5.54 Å². The van der Waals surface area contributed by atoms with E-state index in [0.29, 0.717) is 44.7 Å². The zero-order valence-electron chi connectivity index (χ0n) is 18.6. The van der Waals surface area contributed by atoms with E-state index in [-0.39, 0.29) is 13.0 Å². The van der Waals surface area contributed by atoms with Gasteiger partial charge >= 0.3 is 12.3 Å². The summed E-state index contributed by atoms with van der Waals surface area (Å²) in [6.07, 6.45) is -5.93. The zero-order chi connectivity index (χ0) is 24.7. The Morgan fingerprint density at radius 1 is 1.26 bits per heavy atom. The SMILES string of the molecule is CN1CCN(c2ccc(S(=O)(=O)[C@H]3CN[C@@H](OC(=O)NC4(C#N)CC4)C3)c(C(F)(F)F)c2)CC1. The lowest BCUT2D eigenvalue weighted by Crippen LogP contribution is -2.44. The van der Waals surface area contributed by atoms with Gasteiger partial charge in [0.25, 0.3) is 0 Å². The third kappa shape index (κ3) is 5.08. The average Bonchev–Trinajstić information content (AvgIpc) is 3.39. The maximum Gasteiger partial charge on any atom is 0.417 e. The molecule has 2 saturated heterocycles. The lowest BCUT2D eigenvalue weighted by Gasteiger charge is -2.34. The van der Waals surface area contributed by atoms with E-state index in [1.54, 1.807) is 4.90 Å². The number of nitrogens with one attached hydrogen (secondary N) is 2. The Bertz CT molecular complexity index is 1090. The number of rotatable bonds is 5. The molecule has 186 valence electrons. The van der Waals surface area contributed by atoms with Gasteiger partial charge < -0.3 is 19.9 Å². The Kier molecular flexibility index (Phi) is 6.43. The molecule has 2 atom stereocenters. The van der Waals surface area contributed by atoms with E-state index < -0.39 is 49.6 Å². The van der Waals surface area contributed by atoms with Crippen molar-refractivity contribution in [3.8, 4) is 6.07 Å². The normalized spacial score (nSPS) is 25.0. The van der Waals surface area contributed by atoms with Gasteiger partial charge in [0.05, 0.1) is 21.8 Å². The second kappa shape index (κ2) is 8.90. The van der Waals surface area contributed by atoms with E-state index in [1.807, 2.05) is 13.1 Å². The van der Waals surface area contributed by atoms with Crippen LogP contribution in [0.15, 0.2) is 23.1 Å². The van der Waals surface area contributed by atoms with Crippen LogP contribution < -0.4 is 15.5 Å². The third-order valence-corrected chi connectivity index (χ3v) is 8.69. The van der Waals surface area contributed by atoms with Crippen LogP contribution in [0.25, 0.3) is 0 Å². The van der Waals surface area contributed by atoms with Crippen molar-refractivity contribution < 1.29 is 31.1 Å². The number of alkyl halides is 3. The van der Waals surface area contributed by atoms with Crippen molar-refractivity contribution in [3.63, 3.8) is 0 Å².